The number of hydrogen-bond acceptors (Lipinski definition) is 1. The number of rotatable bonds is 8. The summed E-state index contributed by atoms with van der Waals surface area (Å²) in [6.45, 7) is 19.6. The highest BCUT2D eigenvalue weighted by atomic mass is 32.2. The molecule has 0 aromatic carbocycles. The highest BCUT2D eigenvalue weighted by Gasteiger charge is 1.92. The van der Waals surface area contributed by atoms with E-state index in [0.717, 1.165) is 11.8 Å². The molecule has 0 spiro atoms. The molecule has 0 nitrogen and oxygen atoms in total. The van der Waals surface area contributed by atoms with Crippen LogP contribution in [0, 0.1) is 11.8 Å². The highest BCUT2D eigenvalue weighted by molar-refractivity contribution is 7.98. The van der Waals surface area contributed by atoms with Crippen LogP contribution in [0.5, 0.6) is 0 Å². The third-order valence-corrected chi connectivity index (χ3v) is 3.38. The van der Waals surface area contributed by atoms with Gasteiger partial charge in [-0.1, -0.05) is 101 Å². The molecule has 0 aliphatic carbocycles. The minimum absolute atomic E-state index is 0.833. The first kappa shape index (κ1) is 29.4. The molecule has 0 saturated carbocycles. The highest BCUT2D eigenvalue weighted by Crippen LogP contribution is 2.07. The summed E-state index contributed by atoms with van der Waals surface area (Å²) < 4.78 is 0. The first-order chi connectivity index (χ1) is 9.95. The predicted octanol–water partition coefficient (Wildman–Crippen LogP) is 8.45. The van der Waals surface area contributed by atoms with Gasteiger partial charge in [0, 0.05) is 0 Å². The van der Waals surface area contributed by atoms with E-state index >= 15 is 0 Å². The molecule has 1 heteroatoms. The fourth-order valence-corrected chi connectivity index (χ4v) is 1.86. The first-order valence-corrected chi connectivity index (χ1v) is 10.8. The number of unbranched alkanes of at least 4 members (excludes halogenated alkanes) is 3. The van der Waals surface area contributed by atoms with Crippen LogP contribution >= 0.6 is 11.8 Å². The SMILES string of the molecule is CC.CC(C)C.CCCC(C)CC.CCCCCCSC. The van der Waals surface area contributed by atoms with Crippen molar-refractivity contribution in [2.24, 2.45) is 11.8 Å². The van der Waals surface area contributed by atoms with Gasteiger partial charge in [0.1, 0.15) is 0 Å². The lowest BCUT2D eigenvalue weighted by Gasteiger charge is -2.02. The molecule has 0 aromatic rings. The zero-order chi connectivity index (χ0) is 17.5. The Morgan fingerprint density at radius 3 is 1.48 bits per heavy atom. The smallest absolute Gasteiger partial charge is 0.00703 e. The molecular formula is C20H48S. The molecule has 0 N–H and O–H groups in total. The lowest BCUT2D eigenvalue weighted by Crippen LogP contribution is -1.88. The summed E-state index contributed by atoms with van der Waals surface area (Å²) in [5.74, 6) is 3.13. The van der Waals surface area contributed by atoms with Crippen LogP contribution in [-0.2, 0) is 0 Å². The van der Waals surface area contributed by atoms with Gasteiger partial charge in [0.05, 0.1) is 0 Å². The molecule has 0 saturated heterocycles. The van der Waals surface area contributed by atoms with Gasteiger partial charge >= 0.3 is 0 Å². The molecule has 0 amide bonds. The molecular weight excluding hydrogens is 272 g/mol. The molecule has 0 rings (SSSR count). The van der Waals surface area contributed by atoms with Gasteiger partial charge < -0.3 is 0 Å². The monoisotopic (exact) mass is 320 g/mol. The van der Waals surface area contributed by atoms with E-state index in [1.165, 1.54) is 50.7 Å². The minimum Gasteiger partial charge on any atom is -0.165 e. The average molecular weight is 321 g/mol. The topological polar surface area (TPSA) is 0 Å². The fraction of sp³-hybridized carbons (Fsp3) is 1.00. The molecule has 0 aliphatic rings. The van der Waals surface area contributed by atoms with Crippen LogP contribution in [0.1, 0.15) is 107 Å². The molecule has 1 unspecified atom stereocenters. The van der Waals surface area contributed by atoms with Crippen molar-refractivity contribution in [3.05, 3.63) is 0 Å². The second kappa shape index (κ2) is 32.3. The Morgan fingerprint density at radius 1 is 0.762 bits per heavy atom. The first-order valence-electron chi connectivity index (χ1n) is 9.44. The van der Waals surface area contributed by atoms with E-state index in [9.17, 15) is 0 Å². The average Bonchev–Trinajstić information content (AvgIpc) is 2.46. The summed E-state index contributed by atoms with van der Waals surface area (Å²) in [4.78, 5) is 0. The zero-order valence-electron chi connectivity index (χ0n) is 17.2. The van der Waals surface area contributed by atoms with Crippen molar-refractivity contribution in [2.75, 3.05) is 12.0 Å². The maximum absolute atomic E-state index is 2.31. The molecule has 134 valence electrons. The van der Waals surface area contributed by atoms with Crippen LogP contribution < -0.4 is 0 Å². The normalized spacial score (nSPS) is 10.4. The minimum atomic E-state index is 0.833. The molecule has 21 heavy (non-hydrogen) atoms. The van der Waals surface area contributed by atoms with Gasteiger partial charge in [-0.15, -0.1) is 0 Å². The third-order valence-electron chi connectivity index (χ3n) is 2.68. The van der Waals surface area contributed by atoms with Gasteiger partial charge in [-0.2, -0.15) is 11.8 Å². The second-order valence-corrected chi connectivity index (χ2v) is 7.07. The third kappa shape index (κ3) is 64.0. The van der Waals surface area contributed by atoms with Crippen LogP contribution in [0.2, 0.25) is 0 Å². The van der Waals surface area contributed by atoms with Gasteiger partial charge in [-0.25, -0.2) is 0 Å². The Balaban J connectivity index is -0.000000102. The standard InChI is InChI=1S/C7H16S.C7H16.C4H10.C2H6/c1-3-4-5-6-7-8-2;1-4-6-7(3)5-2;1-4(2)3;1-2/h3-7H2,1-2H3;7H,4-6H2,1-3H3;4H,1-3H3;1-2H3. The van der Waals surface area contributed by atoms with Gasteiger partial charge in [0.15, 0.2) is 0 Å². The van der Waals surface area contributed by atoms with Crippen LogP contribution in [0.25, 0.3) is 0 Å². The molecule has 0 radical (unpaired) electrons. The van der Waals surface area contributed by atoms with E-state index in [1.807, 2.05) is 25.6 Å². The van der Waals surface area contributed by atoms with Crippen molar-refractivity contribution >= 4 is 11.8 Å². The van der Waals surface area contributed by atoms with Gasteiger partial charge in [0.25, 0.3) is 0 Å². The molecule has 0 aromatic heterocycles. The van der Waals surface area contributed by atoms with Crippen LogP contribution in [0.4, 0.5) is 0 Å². The number of thioether (sulfide) groups is 1. The summed E-state index contributed by atoms with van der Waals surface area (Å²) in [5, 5.41) is 0. The van der Waals surface area contributed by atoms with Gasteiger partial charge in [0.2, 0.25) is 0 Å². The van der Waals surface area contributed by atoms with Crippen molar-refractivity contribution in [2.45, 2.75) is 107 Å². The van der Waals surface area contributed by atoms with Crippen molar-refractivity contribution < 1.29 is 0 Å². The lowest BCUT2D eigenvalue weighted by atomic mass is 10.0. The molecule has 0 fully saturated rings. The van der Waals surface area contributed by atoms with Crippen molar-refractivity contribution in [1.82, 2.24) is 0 Å². The molecule has 0 heterocycles. The Morgan fingerprint density at radius 2 is 1.24 bits per heavy atom. The Labute approximate surface area is 143 Å². The van der Waals surface area contributed by atoms with E-state index in [4.69, 9.17) is 0 Å². The summed E-state index contributed by atoms with van der Waals surface area (Å²) in [5.41, 5.74) is 0. The van der Waals surface area contributed by atoms with Crippen molar-refractivity contribution in [3.63, 3.8) is 0 Å². The second-order valence-electron chi connectivity index (χ2n) is 6.09. The summed E-state index contributed by atoms with van der Waals surface area (Å²) in [6, 6.07) is 0. The van der Waals surface area contributed by atoms with E-state index in [-0.39, 0.29) is 0 Å². The Bertz CT molecular complexity index is 112. The maximum atomic E-state index is 2.31. The lowest BCUT2D eigenvalue weighted by molar-refractivity contribution is 0.509. The van der Waals surface area contributed by atoms with Crippen LogP contribution in [0.3, 0.4) is 0 Å². The quantitative estimate of drug-likeness (QED) is 0.404. The Hall–Kier alpha value is 0.350. The van der Waals surface area contributed by atoms with Gasteiger partial charge in [-0.3, -0.25) is 0 Å². The van der Waals surface area contributed by atoms with E-state index in [0.29, 0.717) is 0 Å². The summed E-state index contributed by atoms with van der Waals surface area (Å²) in [6.07, 6.45) is 11.9. The summed E-state index contributed by atoms with van der Waals surface area (Å²) >= 11 is 1.95. The van der Waals surface area contributed by atoms with Crippen LogP contribution in [0.15, 0.2) is 0 Å². The molecule has 0 bridgehead atoms. The Kier molecular flexibility index (Phi) is 45.2. The molecule has 1 atom stereocenters. The summed E-state index contributed by atoms with van der Waals surface area (Å²) in [7, 11) is 0. The fourth-order valence-electron chi connectivity index (χ4n) is 1.37. The maximum Gasteiger partial charge on any atom is -0.00703 e. The van der Waals surface area contributed by atoms with E-state index < -0.39 is 0 Å². The van der Waals surface area contributed by atoms with Gasteiger partial charge in [-0.05, 0) is 30.3 Å². The van der Waals surface area contributed by atoms with Crippen molar-refractivity contribution in [3.8, 4) is 0 Å². The number of hydrogen-bond donors (Lipinski definition) is 0. The van der Waals surface area contributed by atoms with E-state index in [2.05, 4.69) is 54.7 Å². The van der Waals surface area contributed by atoms with Crippen molar-refractivity contribution in [1.29, 1.82) is 0 Å². The predicted molar refractivity (Wildman–Crippen MR) is 109 cm³/mol. The van der Waals surface area contributed by atoms with Crippen LogP contribution in [-0.4, -0.2) is 12.0 Å². The van der Waals surface area contributed by atoms with E-state index in [1.54, 1.807) is 0 Å². The largest absolute Gasteiger partial charge is 0.165 e. The zero-order valence-corrected chi connectivity index (χ0v) is 18.0. The molecule has 0 aliphatic heterocycles.